The molecule has 1 aliphatic rings. The average Bonchev–Trinajstić information content (AvgIpc) is 2.64. The Morgan fingerprint density at radius 1 is 1.30 bits per heavy atom. The van der Waals surface area contributed by atoms with E-state index in [-0.39, 0.29) is 41.4 Å². The van der Waals surface area contributed by atoms with Crippen molar-refractivity contribution in [1.29, 1.82) is 0 Å². The van der Waals surface area contributed by atoms with Crippen molar-refractivity contribution in [2.75, 3.05) is 29.6 Å². The molecule has 10 heteroatoms. The third-order valence-electron chi connectivity index (χ3n) is 3.73. The highest BCUT2D eigenvalue weighted by molar-refractivity contribution is 7.99. The zero-order valence-corrected chi connectivity index (χ0v) is 15.2. The molecular weight excluding hydrogens is 372 g/mol. The van der Waals surface area contributed by atoms with Crippen molar-refractivity contribution >= 4 is 40.9 Å². The van der Waals surface area contributed by atoms with E-state index in [4.69, 9.17) is 0 Å². The quantitative estimate of drug-likeness (QED) is 0.436. The van der Waals surface area contributed by atoms with Crippen LogP contribution < -0.4 is 15.8 Å². The summed E-state index contributed by atoms with van der Waals surface area (Å²) in [6.07, 6.45) is -0.137. The number of thioether (sulfide) groups is 1. The number of hydrogen-bond acceptors (Lipinski definition) is 7. The molecule has 2 aromatic rings. The van der Waals surface area contributed by atoms with E-state index in [0.29, 0.717) is 11.4 Å². The largest absolute Gasteiger partial charge is 0.469 e. The maximum Gasteiger partial charge on any atom is 0.311 e. The van der Waals surface area contributed by atoms with Crippen LogP contribution in [0.5, 0.6) is 0 Å². The molecule has 0 radical (unpaired) electrons. The summed E-state index contributed by atoms with van der Waals surface area (Å²) in [7, 11) is 1.25. The van der Waals surface area contributed by atoms with Crippen LogP contribution in [-0.2, 0) is 25.5 Å². The van der Waals surface area contributed by atoms with Gasteiger partial charge in [0.25, 0.3) is 5.56 Å². The Bertz CT molecular complexity index is 958. The van der Waals surface area contributed by atoms with Gasteiger partial charge in [-0.25, -0.2) is 4.98 Å². The standard InChI is InChI=1S/C17H16N4O5S/c1-26-16(25)7-10-6-13(22)20-17(18-10)27-9-15(24)21-8-14(23)19-11-4-2-3-5-12(11)21/h2-6H,7-9H2,1H3,(H,19,23)(H,18,20,22). The normalized spacial score (nSPS) is 12.9. The highest BCUT2D eigenvalue weighted by Gasteiger charge is 2.26. The summed E-state index contributed by atoms with van der Waals surface area (Å²) in [4.78, 5) is 55.6. The summed E-state index contributed by atoms with van der Waals surface area (Å²) in [5, 5.41) is 2.93. The molecule has 0 saturated carbocycles. The van der Waals surface area contributed by atoms with Crippen molar-refractivity contribution in [3.8, 4) is 0 Å². The molecule has 0 saturated heterocycles. The van der Waals surface area contributed by atoms with Gasteiger partial charge in [0.05, 0.1) is 36.4 Å². The van der Waals surface area contributed by atoms with Crippen molar-refractivity contribution < 1.29 is 19.1 Å². The van der Waals surface area contributed by atoms with Crippen LogP contribution in [0, 0.1) is 0 Å². The Morgan fingerprint density at radius 2 is 2.07 bits per heavy atom. The molecule has 2 heterocycles. The van der Waals surface area contributed by atoms with Crippen LogP contribution in [0.3, 0.4) is 0 Å². The summed E-state index contributed by atoms with van der Waals surface area (Å²) < 4.78 is 4.56. The van der Waals surface area contributed by atoms with Crippen LogP contribution in [0.25, 0.3) is 0 Å². The number of rotatable bonds is 5. The van der Waals surface area contributed by atoms with Gasteiger partial charge >= 0.3 is 5.97 Å². The van der Waals surface area contributed by atoms with Gasteiger partial charge in [-0.05, 0) is 12.1 Å². The van der Waals surface area contributed by atoms with Crippen molar-refractivity contribution in [3.05, 3.63) is 46.4 Å². The number of aromatic nitrogens is 2. The number of anilines is 2. The lowest BCUT2D eigenvalue weighted by Crippen LogP contribution is -2.43. The Labute approximate surface area is 158 Å². The van der Waals surface area contributed by atoms with Crippen molar-refractivity contribution in [2.45, 2.75) is 11.6 Å². The molecule has 140 valence electrons. The molecule has 1 aliphatic heterocycles. The van der Waals surface area contributed by atoms with Crippen LogP contribution in [0.1, 0.15) is 5.69 Å². The van der Waals surface area contributed by atoms with Crippen molar-refractivity contribution in [1.82, 2.24) is 9.97 Å². The fourth-order valence-corrected chi connectivity index (χ4v) is 3.30. The zero-order valence-electron chi connectivity index (χ0n) is 14.4. The minimum atomic E-state index is -0.518. The molecule has 0 aliphatic carbocycles. The second kappa shape index (κ2) is 8.04. The van der Waals surface area contributed by atoms with Gasteiger partial charge < -0.3 is 19.9 Å². The highest BCUT2D eigenvalue weighted by atomic mass is 32.2. The Kier molecular flexibility index (Phi) is 5.55. The Balaban J connectivity index is 1.72. The van der Waals surface area contributed by atoms with Gasteiger partial charge in [0.15, 0.2) is 5.16 Å². The second-order valence-corrected chi connectivity index (χ2v) is 6.59. The fourth-order valence-electron chi connectivity index (χ4n) is 2.53. The Hall–Kier alpha value is -3.14. The van der Waals surface area contributed by atoms with Crippen LogP contribution in [-0.4, -0.2) is 47.2 Å². The van der Waals surface area contributed by atoms with Gasteiger partial charge in [-0.2, -0.15) is 0 Å². The number of esters is 1. The van der Waals surface area contributed by atoms with Crippen LogP contribution in [0.2, 0.25) is 0 Å². The van der Waals surface area contributed by atoms with E-state index in [1.807, 2.05) is 0 Å². The molecule has 27 heavy (non-hydrogen) atoms. The molecule has 0 bridgehead atoms. The number of benzene rings is 1. The van der Waals surface area contributed by atoms with Crippen LogP contribution in [0.15, 0.2) is 40.3 Å². The van der Waals surface area contributed by atoms with Gasteiger partial charge in [0.2, 0.25) is 11.8 Å². The third kappa shape index (κ3) is 4.53. The molecule has 0 atom stereocenters. The number of carbonyl (C=O) groups excluding carboxylic acids is 3. The molecule has 3 rings (SSSR count). The first-order valence-electron chi connectivity index (χ1n) is 7.95. The molecule has 1 aromatic heterocycles. The summed E-state index contributed by atoms with van der Waals surface area (Å²) in [5.74, 6) is -1.13. The van der Waals surface area contributed by atoms with E-state index in [1.54, 1.807) is 24.3 Å². The molecule has 2 amide bonds. The first-order chi connectivity index (χ1) is 13.0. The van der Waals surface area contributed by atoms with Gasteiger partial charge in [-0.1, -0.05) is 23.9 Å². The van der Waals surface area contributed by atoms with E-state index in [0.717, 1.165) is 11.8 Å². The summed E-state index contributed by atoms with van der Waals surface area (Å²) in [6, 6.07) is 8.21. The molecule has 1 aromatic carbocycles. The fraction of sp³-hybridized carbons (Fsp3) is 0.235. The number of carbonyl (C=O) groups is 3. The van der Waals surface area contributed by atoms with Gasteiger partial charge in [0, 0.05) is 6.07 Å². The number of fused-ring (bicyclic) bond motifs is 1. The third-order valence-corrected chi connectivity index (χ3v) is 4.59. The minimum Gasteiger partial charge on any atom is -0.469 e. The number of hydrogen-bond donors (Lipinski definition) is 2. The van der Waals surface area contributed by atoms with Crippen molar-refractivity contribution in [2.24, 2.45) is 0 Å². The van der Waals surface area contributed by atoms with Gasteiger partial charge in [0.1, 0.15) is 6.54 Å². The number of para-hydroxylation sites is 2. The first-order valence-corrected chi connectivity index (χ1v) is 8.94. The molecule has 9 nitrogen and oxygen atoms in total. The van der Waals surface area contributed by atoms with E-state index in [1.165, 1.54) is 18.1 Å². The van der Waals surface area contributed by atoms with Gasteiger partial charge in [-0.15, -0.1) is 0 Å². The number of methoxy groups -OCH3 is 1. The monoisotopic (exact) mass is 388 g/mol. The lowest BCUT2D eigenvalue weighted by atomic mass is 10.2. The topological polar surface area (TPSA) is 121 Å². The number of nitrogens with zero attached hydrogens (tertiary/aromatic N) is 2. The number of nitrogens with one attached hydrogen (secondary N) is 2. The van der Waals surface area contributed by atoms with Crippen molar-refractivity contribution in [3.63, 3.8) is 0 Å². The summed E-state index contributed by atoms with van der Waals surface area (Å²) >= 11 is 1.02. The van der Waals surface area contributed by atoms with E-state index < -0.39 is 11.5 Å². The molecular formula is C17H16N4O5S. The lowest BCUT2D eigenvalue weighted by Gasteiger charge is -2.29. The van der Waals surface area contributed by atoms with E-state index in [9.17, 15) is 19.2 Å². The molecule has 2 N–H and O–H groups in total. The summed E-state index contributed by atoms with van der Waals surface area (Å²) in [6.45, 7) is -0.0806. The maximum absolute atomic E-state index is 12.6. The zero-order chi connectivity index (χ0) is 19.4. The SMILES string of the molecule is COC(=O)Cc1cc(=O)[nH]c(SCC(=O)N2CC(=O)Nc3ccccc32)n1. The van der Waals surface area contributed by atoms with Crippen LogP contribution >= 0.6 is 11.8 Å². The van der Waals surface area contributed by atoms with E-state index >= 15 is 0 Å². The minimum absolute atomic E-state index is 0.0355. The number of amides is 2. The smallest absolute Gasteiger partial charge is 0.311 e. The second-order valence-electron chi connectivity index (χ2n) is 5.63. The number of H-pyrrole nitrogens is 1. The maximum atomic E-state index is 12.6. The lowest BCUT2D eigenvalue weighted by molar-refractivity contribution is -0.139. The highest BCUT2D eigenvalue weighted by Crippen LogP contribution is 2.29. The molecule has 0 spiro atoms. The predicted octanol–water partition coefficient (Wildman–Crippen LogP) is 0.563. The number of aromatic amines is 1. The first kappa shape index (κ1) is 18.6. The predicted molar refractivity (Wildman–Crippen MR) is 98.7 cm³/mol. The van der Waals surface area contributed by atoms with E-state index in [2.05, 4.69) is 20.0 Å². The Morgan fingerprint density at radius 3 is 2.85 bits per heavy atom. The van der Waals surface area contributed by atoms with Crippen LogP contribution in [0.4, 0.5) is 11.4 Å². The average molecular weight is 388 g/mol. The molecule has 0 fully saturated rings. The molecule has 0 unspecified atom stereocenters. The van der Waals surface area contributed by atoms with Gasteiger partial charge in [-0.3, -0.25) is 19.2 Å². The summed E-state index contributed by atoms with van der Waals surface area (Å²) in [5.41, 5.74) is 1.01. The number of ether oxygens (including phenoxy) is 1.